The SMILES string of the molecule is O=C(O)CCC/C=C1\C[C@H]2CC(OC3CCCCO3)C(CO)[C@H]2C1. The second-order valence-corrected chi connectivity index (χ2v) is 7.53. The van der Waals surface area contributed by atoms with Crippen molar-refractivity contribution in [3.05, 3.63) is 11.6 Å². The maximum atomic E-state index is 10.6. The van der Waals surface area contributed by atoms with Crippen molar-refractivity contribution in [2.75, 3.05) is 13.2 Å². The average Bonchev–Trinajstić information content (AvgIpc) is 3.09. The van der Waals surface area contributed by atoms with Gasteiger partial charge in [-0.15, -0.1) is 0 Å². The van der Waals surface area contributed by atoms with Crippen LogP contribution in [0.3, 0.4) is 0 Å². The van der Waals surface area contributed by atoms with E-state index in [1.807, 2.05) is 0 Å². The van der Waals surface area contributed by atoms with Crippen LogP contribution >= 0.6 is 0 Å². The summed E-state index contributed by atoms with van der Waals surface area (Å²) in [4.78, 5) is 10.6. The van der Waals surface area contributed by atoms with Crippen molar-refractivity contribution in [1.29, 1.82) is 0 Å². The second kappa shape index (κ2) is 8.45. The minimum atomic E-state index is -0.720. The van der Waals surface area contributed by atoms with Gasteiger partial charge in [0, 0.05) is 25.6 Å². The zero-order valence-corrected chi connectivity index (χ0v) is 14.4. The van der Waals surface area contributed by atoms with Gasteiger partial charge in [-0.05, 0) is 63.2 Å². The fraction of sp³-hybridized carbons (Fsp3) is 0.842. The van der Waals surface area contributed by atoms with E-state index in [1.54, 1.807) is 0 Å². The van der Waals surface area contributed by atoms with Gasteiger partial charge in [-0.3, -0.25) is 4.79 Å². The van der Waals surface area contributed by atoms with E-state index in [1.165, 1.54) is 5.57 Å². The standard InChI is InChI=1S/C19H30O5/c20-12-16-15-10-13(5-1-2-6-18(21)22)9-14(15)11-17(16)24-19-7-3-4-8-23-19/h5,14-17,19-20H,1-4,6-12H2,(H,21,22)/b13-5+/t14-,15-,16?,17?,19?/m0/s1. The molecular weight excluding hydrogens is 308 g/mol. The lowest BCUT2D eigenvalue weighted by Crippen LogP contribution is -2.32. The van der Waals surface area contributed by atoms with Gasteiger partial charge in [0.1, 0.15) is 0 Å². The molecule has 0 bridgehead atoms. The Bertz CT molecular complexity index is 455. The third-order valence-corrected chi connectivity index (χ3v) is 5.89. The largest absolute Gasteiger partial charge is 0.481 e. The Kier molecular flexibility index (Phi) is 6.31. The van der Waals surface area contributed by atoms with Gasteiger partial charge in [-0.25, -0.2) is 0 Å². The summed E-state index contributed by atoms with van der Waals surface area (Å²) in [5, 5.41) is 18.6. The second-order valence-electron chi connectivity index (χ2n) is 7.53. The first kappa shape index (κ1) is 17.9. The minimum absolute atomic E-state index is 0.0809. The van der Waals surface area contributed by atoms with Crippen LogP contribution in [0.2, 0.25) is 0 Å². The average molecular weight is 338 g/mol. The van der Waals surface area contributed by atoms with Gasteiger partial charge in [0.25, 0.3) is 0 Å². The van der Waals surface area contributed by atoms with E-state index >= 15 is 0 Å². The third kappa shape index (κ3) is 4.38. The summed E-state index contributed by atoms with van der Waals surface area (Å²) in [5.74, 6) is 0.600. The molecule has 5 heteroatoms. The molecule has 2 aliphatic carbocycles. The van der Waals surface area contributed by atoms with Crippen LogP contribution in [0.5, 0.6) is 0 Å². The normalized spacial score (nSPS) is 37.7. The van der Waals surface area contributed by atoms with Crippen molar-refractivity contribution < 1.29 is 24.5 Å². The number of carboxylic acids is 1. The third-order valence-electron chi connectivity index (χ3n) is 5.89. The van der Waals surface area contributed by atoms with Crippen molar-refractivity contribution in [3.8, 4) is 0 Å². The Labute approximate surface area is 144 Å². The number of unbranched alkanes of at least 4 members (excludes halogenated alkanes) is 1. The molecule has 0 aromatic rings. The van der Waals surface area contributed by atoms with E-state index in [2.05, 4.69) is 6.08 Å². The quantitative estimate of drug-likeness (QED) is 0.551. The molecule has 1 saturated heterocycles. The highest BCUT2D eigenvalue weighted by atomic mass is 16.7. The molecule has 2 saturated carbocycles. The van der Waals surface area contributed by atoms with Crippen LogP contribution in [0.15, 0.2) is 11.6 Å². The molecule has 2 N–H and O–H groups in total. The number of hydrogen-bond donors (Lipinski definition) is 2. The van der Waals surface area contributed by atoms with Crippen LogP contribution in [0, 0.1) is 17.8 Å². The Balaban J connectivity index is 1.49. The molecule has 5 nitrogen and oxygen atoms in total. The van der Waals surface area contributed by atoms with Gasteiger partial charge in [0.05, 0.1) is 6.10 Å². The maximum absolute atomic E-state index is 10.6. The maximum Gasteiger partial charge on any atom is 0.303 e. The number of allylic oxidation sites excluding steroid dienone is 2. The van der Waals surface area contributed by atoms with Crippen LogP contribution in [0.4, 0.5) is 0 Å². The summed E-state index contributed by atoms with van der Waals surface area (Å²) in [6, 6.07) is 0. The highest BCUT2D eigenvalue weighted by Crippen LogP contribution is 2.51. The van der Waals surface area contributed by atoms with E-state index in [4.69, 9.17) is 14.6 Å². The molecule has 0 amide bonds. The minimum Gasteiger partial charge on any atom is -0.481 e. The molecule has 3 unspecified atom stereocenters. The first-order valence-electron chi connectivity index (χ1n) is 9.45. The molecule has 3 fully saturated rings. The molecule has 1 heterocycles. The molecule has 0 aromatic heterocycles. The van der Waals surface area contributed by atoms with E-state index in [9.17, 15) is 9.90 Å². The van der Waals surface area contributed by atoms with Crippen LogP contribution < -0.4 is 0 Å². The predicted octanol–water partition coefficient (Wildman–Crippen LogP) is 3.12. The predicted molar refractivity (Wildman–Crippen MR) is 89.4 cm³/mol. The Morgan fingerprint density at radius 3 is 2.92 bits per heavy atom. The van der Waals surface area contributed by atoms with Crippen molar-refractivity contribution >= 4 is 5.97 Å². The van der Waals surface area contributed by atoms with Gasteiger partial charge in [0.2, 0.25) is 0 Å². The number of hydrogen-bond acceptors (Lipinski definition) is 4. The topological polar surface area (TPSA) is 76.0 Å². The van der Waals surface area contributed by atoms with E-state index in [-0.39, 0.29) is 31.3 Å². The lowest BCUT2D eigenvalue weighted by Gasteiger charge is -2.29. The molecule has 0 radical (unpaired) electrons. The Hall–Kier alpha value is -0.910. The molecule has 24 heavy (non-hydrogen) atoms. The Morgan fingerprint density at radius 1 is 1.33 bits per heavy atom. The number of carbonyl (C=O) groups is 1. The summed E-state index contributed by atoms with van der Waals surface area (Å²) < 4.78 is 11.9. The summed E-state index contributed by atoms with van der Waals surface area (Å²) in [6.45, 7) is 0.974. The van der Waals surface area contributed by atoms with Crippen molar-refractivity contribution in [1.82, 2.24) is 0 Å². The van der Waals surface area contributed by atoms with Crippen LogP contribution in [0.25, 0.3) is 0 Å². The molecule has 1 aliphatic heterocycles. The van der Waals surface area contributed by atoms with Crippen LogP contribution in [0.1, 0.15) is 57.8 Å². The zero-order chi connectivity index (χ0) is 16.9. The van der Waals surface area contributed by atoms with E-state index in [0.29, 0.717) is 18.3 Å². The zero-order valence-electron chi connectivity index (χ0n) is 14.4. The van der Waals surface area contributed by atoms with Gasteiger partial charge in [0.15, 0.2) is 6.29 Å². The number of carboxylic acid groups (broad SMARTS) is 1. The summed E-state index contributed by atoms with van der Waals surface area (Å²) >= 11 is 0. The molecule has 0 aromatic carbocycles. The number of fused-ring (bicyclic) bond motifs is 1. The highest BCUT2D eigenvalue weighted by Gasteiger charge is 2.47. The molecular formula is C19H30O5. The van der Waals surface area contributed by atoms with Crippen LogP contribution in [-0.4, -0.2) is 41.8 Å². The molecule has 5 atom stereocenters. The van der Waals surface area contributed by atoms with Gasteiger partial charge >= 0.3 is 5.97 Å². The first-order valence-corrected chi connectivity index (χ1v) is 9.45. The molecule has 3 aliphatic rings. The summed E-state index contributed by atoms with van der Waals surface area (Å²) in [7, 11) is 0. The molecule has 0 spiro atoms. The Morgan fingerprint density at radius 2 is 2.21 bits per heavy atom. The van der Waals surface area contributed by atoms with Crippen molar-refractivity contribution in [2.45, 2.75) is 70.2 Å². The van der Waals surface area contributed by atoms with Gasteiger partial charge < -0.3 is 19.7 Å². The smallest absolute Gasteiger partial charge is 0.303 e. The van der Waals surface area contributed by atoms with Crippen LogP contribution in [-0.2, 0) is 14.3 Å². The number of ether oxygens (including phenoxy) is 2. The van der Waals surface area contributed by atoms with E-state index < -0.39 is 5.97 Å². The number of aliphatic carboxylic acids is 1. The number of aliphatic hydroxyl groups is 1. The van der Waals surface area contributed by atoms with Gasteiger partial charge in [-0.2, -0.15) is 0 Å². The lowest BCUT2D eigenvalue weighted by atomic mass is 9.92. The first-order chi connectivity index (χ1) is 11.7. The monoisotopic (exact) mass is 338 g/mol. The van der Waals surface area contributed by atoms with E-state index in [0.717, 1.165) is 51.6 Å². The molecule has 136 valence electrons. The molecule has 3 rings (SSSR count). The van der Waals surface area contributed by atoms with Crippen molar-refractivity contribution in [3.63, 3.8) is 0 Å². The summed E-state index contributed by atoms with van der Waals surface area (Å²) in [5.41, 5.74) is 1.45. The number of aliphatic hydroxyl groups excluding tert-OH is 1. The summed E-state index contributed by atoms with van der Waals surface area (Å²) in [6.07, 6.45) is 10.5. The fourth-order valence-corrected chi connectivity index (χ4v) is 4.70. The highest BCUT2D eigenvalue weighted by molar-refractivity contribution is 5.66. The fourth-order valence-electron chi connectivity index (χ4n) is 4.70. The lowest BCUT2D eigenvalue weighted by molar-refractivity contribution is -0.198. The number of rotatable bonds is 7. The van der Waals surface area contributed by atoms with Crippen molar-refractivity contribution in [2.24, 2.45) is 17.8 Å². The van der Waals surface area contributed by atoms with Gasteiger partial charge in [-0.1, -0.05) is 11.6 Å².